The molecule has 0 bridgehead atoms. The van der Waals surface area contributed by atoms with Crippen molar-refractivity contribution in [3.63, 3.8) is 0 Å². The summed E-state index contributed by atoms with van der Waals surface area (Å²) in [6.07, 6.45) is 3.90. The first-order valence-electron chi connectivity index (χ1n) is 10.7. The molecule has 3 aromatic carbocycles. The Kier molecular flexibility index (Phi) is 9.01. The van der Waals surface area contributed by atoms with Crippen molar-refractivity contribution in [3.8, 4) is 23.0 Å². The molecular weight excluding hydrogens is 448 g/mol. The lowest BCUT2D eigenvalue weighted by molar-refractivity contribution is -0.123. The highest BCUT2D eigenvalue weighted by molar-refractivity contribution is 5.92. The fourth-order valence-corrected chi connectivity index (χ4v) is 3.07. The van der Waals surface area contributed by atoms with Crippen molar-refractivity contribution in [2.24, 2.45) is 5.10 Å². The molecule has 0 saturated heterocycles. The highest BCUT2D eigenvalue weighted by Crippen LogP contribution is 2.28. The number of para-hydroxylation sites is 1. The summed E-state index contributed by atoms with van der Waals surface area (Å²) in [5, 5.41) is 3.93. The fraction of sp³-hybridized carbons (Fsp3) is 0.148. The molecule has 35 heavy (non-hydrogen) atoms. The maximum absolute atomic E-state index is 12.4. The molecular formula is C27H26N2O6. The number of allylic oxidation sites excluding steroid dienone is 1. The minimum absolute atomic E-state index is 0.170. The summed E-state index contributed by atoms with van der Waals surface area (Å²) in [5.74, 6) is 1.01. The standard InChI is InChI=1S/C27H26N2O6/c1-4-7-20-8-5-6-9-23(20)34-18-26(30)29-28-17-19-10-13-22(14-11-19)35-27(31)21-12-15-24(32-2)25(16-21)33-3/h4-6,8-17H,1,7,18H2,2-3H3,(H,29,30). The number of methoxy groups -OCH3 is 2. The van der Waals surface area contributed by atoms with Gasteiger partial charge in [-0.1, -0.05) is 24.3 Å². The van der Waals surface area contributed by atoms with Gasteiger partial charge in [-0.15, -0.1) is 6.58 Å². The van der Waals surface area contributed by atoms with Crippen LogP contribution in [0.4, 0.5) is 0 Å². The van der Waals surface area contributed by atoms with E-state index in [0.29, 0.717) is 40.5 Å². The van der Waals surface area contributed by atoms with Crippen molar-refractivity contribution >= 4 is 18.1 Å². The maximum atomic E-state index is 12.4. The normalized spacial score (nSPS) is 10.5. The number of carbonyl (C=O) groups is 2. The molecule has 0 heterocycles. The lowest BCUT2D eigenvalue weighted by Gasteiger charge is -2.09. The highest BCUT2D eigenvalue weighted by atomic mass is 16.5. The zero-order valence-electron chi connectivity index (χ0n) is 19.5. The van der Waals surface area contributed by atoms with E-state index >= 15 is 0 Å². The van der Waals surface area contributed by atoms with Crippen LogP contribution in [0.1, 0.15) is 21.5 Å². The molecule has 3 aromatic rings. The van der Waals surface area contributed by atoms with Gasteiger partial charge in [-0.25, -0.2) is 10.2 Å². The Morgan fingerprint density at radius 2 is 1.69 bits per heavy atom. The monoisotopic (exact) mass is 474 g/mol. The Balaban J connectivity index is 1.50. The van der Waals surface area contributed by atoms with Crippen LogP contribution in [-0.2, 0) is 11.2 Å². The number of esters is 1. The molecule has 1 N–H and O–H groups in total. The van der Waals surface area contributed by atoms with Crippen molar-refractivity contribution in [2.45, 2.75) is 6.42 Å². The van der Waals surface area contributed by atoms with Gasteiger partial charge < -0.3 is 18.9 Å². The minimum Gasteiger partial charge on any atom is -0.493 e. The van der Waals surface area contributed by atoms with Gasteiger partial charge in [0.1, 0.15) is 11.5 Å². The molecule has 180 valence electrons. The number of hydrogen-bond donors (Lipinski definition) is 1. The van der Waals surface area contributed by atoms with Crippen LogP contribution in [0.5, 0.6) is 23.0 Å². The van der Waals surface area contributed by atoms with Crippen LogP contribution in [0.3, 0.4) is 0 Å². The zero-order valence-corrected chi connectivity index (χ0v) is 19.5. The van der Waals surface area contributed by atoms with Gasteiger partial charge in [-0.05, 0) is 66.1 Å². The number of carbonyl (C=O) groups excluding carboxylic acids is 2. The van der Waals surface area contributed by atoms with E-state index in [2.05, 4.69) is 17.1 Å². The van der Waals surface area contributed by atoms with E-state index in [1.54, 1.807) is 54.6 Å². The lowest BCUT2D eigenvalue weighted by Crippen LogP contribution is -2.24. The summed E-state index contributed by atoms with van der Waals surface area (Å²) < 4.78 is 21.4. The third-order valence-corrected chi connectivity index (χ3v) is 4.81. The van der Waals surface area contributed by atoms with Crippen LogP contribution in [-0.4, -0.2) is 38.9 Å². The van der Waals surface area contributed by atoms with E-state index < -0.39 is 11.9 Å². The molecule has 0 aliphatic heterocycles. The van der Waals surface area contributed by atoms with E-state index in [4.69, 9.17) is 18.9 Å². The van der Waals surface area contributed by atoms with E-state index in [1.807, 2.05) is 18.2 Å². The van der Waals surface area contributed by atoms with Crippen LogP contribution in [0.25, 0.3) is 0 Å². The molecule has 0 aliphatic carbocycles. The van der Waals surface area contributed by atoms with Crippen molar-refractivity contribution in [2.75, 3.05) is 20.8 Å². The van der Waals surface area contributed by atoms with Gasteiger partial charge in [-0.2, -0.15) is 5.10 Å². The summed E-state index contributed by atoms with van der Waals surface area (Å²) in [4.78, 5) is 24.5. The topological polar surface area (TPSA) is 95.5 Å². The first-order chi connectivity index (χ1) is 17.0. The number of hydrogen-bond acceptors (Lipinski definition) is 7. The van der Waals surface area contributed by atoms with Crippen LogP contribution < -0.4 is 24.4 Å². The predicted molar refractivity (Wildman–Crippen MR) is 133 cm³/mol. The van der Waals surface area contributed by atoms with Gasteiger partial charge >= 0.3 is 5.97 Å². The molecule has 8 nitrogen and oxygen atoms in total. The molecule has 0 aliphatic rings. The number of benzene rings is 3. The third kappa shape index (κ3) is 7.20. The third-order valence-electron chi connectivity index (χ3n) is 4.81. The van der Waals surface area contributed by atoms with Crippen molar-refractivity contribution in [1.82, 2.24) is 5.43 Å². The number of nitrogens with one attached hydrogen (secondary N) is 1. The van der Waals surface area contributed by atoms with Crippen LogP contribution in [0.15, 0.2) is 84.5 Å². The summed E-state index contributed by atoms with van der Waals surface area (Å²) in [5.41, 5.74) is 4.40. The van der Waals surface area contributed by atoms with E-state index in [9.17, 15) is 9.59 Å². The Labute approximate surface area is 203 Å². The van der Waals surface area contributed by atoms with E-state index in [-0.39, 0.29) is 6.61 Å². The second-order valence-corrected chi connectivity index (χ2v) is 7.21. The molecule has 0 saturated carbocycles. The molecule has 0 atom stereocenters. The average molecular weight is 475 g/mol. The second-order valence-electron chi connectivity index (χ2n) is 7.21. The smallest absolute Gasteiger partial charge is 0.343 e. The molecule has 0 aromatic heterocycles. The number of hydrazone groups is 1. The first-order valence-corrected chi connectivity index (χ1v) is 10.7. The molecule has 8 heteroatoms. The molecule has 0 unspecified atom stereocenters. The second kappa shape index (κ2) is 12.6. The SMILES string of the molecule is C=CCc1ccccc1OCC(=O)NN=Cc1ccc(OC(=O)c2ccc(OC)c(OC)c2)cc1. The Hall–Kier alpha value is -4.59. The quantitative estimate of drug-likeness (QED) is 0.147. The summed E-state index contributed by atoms with van der Waals surface area (Å²) in [6.45, 7) is 3.55. The van der Waals surface area contributed by atoms with E-state index in [1.165, 1.54) is 20.4 Å². The lowest BCUT2D eigenvalue weighted by atomic mass is 10.1. The summed E-state index contributed by atoms with van der Waals surface area (Å²) in [7, 11) is 3.01. The first kappa shape index (κ1) is 25.0. The highest BCUT2D eigenvalue weighted by Gasteiger charge is 2.13. The van der Waals surface area contributed by atoms with Crippen molar-refractivity contribution < 1.29 is 28.5 Å². The largest absolute Gasteiger partial charge is 0.493 e. The summed E-state index contributed by atoms with van der Waals surface area (Å²) >= 11 is 0. The zero-order chi connectivity index (χ0) is 25.0. The van der Waals surface area contributed by atoms with Gasteiger partial charge in [0.2, 0.25) is 0 Å². The number of rotatable bonds is 11. The predicted octanol–water partition coefficient (Wildman–Crippen LogP) is 4.18. The van der Waals surface area contributed by atoms with Crippen molar-refractivity contribution in [3.05, 3.63) is 96.1 Å². The minimum atomic E-state index is -0.533. The van der Waals surface area contributed by atoms with Crippen LogP contribution >= 0.6 is 0 Å². The Morgan fingerprint density at radius 1 is 0.943 bits per heavy atom. The van der Waals surface area contributed by atoms with Gasteiger partial charge in [0.15, 0.2) is 18.1 Å². The molecule has 0 spiro atoms. The van der Waals surface area contributed by atoms with Gasteiger partial charge in [0, 0.05) is 0 Å². The molecule has 3 rings (SSSR count). The van der Waals surface area contributed by atoms with Gasteiger partial charge in [-0.3, -0.25) is 4.79 Å². The summed E-state index contributed by atoms with van der Waals surface area (Å²) in [6, 6.07) is 18.9. The van der Waals surface area contributed by atoms with Crippen LogP contribution in [0.2, 0.25) is 0 Å². The molecule has 1 amide bonds. The molecule has 0 radical (unpaired) electrons. The van der Waals surface area contributed by atoms with Crippen LogP contribution in [0, 0.1) is 0 Å². The fourth-order valence-electron chi connectivity index (χ4n) is 3.07. The number of ether oxygens (including phenoxy) is 4. The number of nitrogens with zero attached hydrogens (tertiary/aromatic N) is 1. The molecule has 0 fully saturated rings. The van der Waals surface area contributed by atoms with E-state index in [0.717, 1.165) is 5.56 Å². The number of amides is 1. The Bertz CT molecular complexity index is 1200. The van der Waals surface area contributed by atoms with Gasteiger partial charge in [0.25, 0.3) is 5.91 Å². The maximum Gasteiger partial charge on any atom is 0.343 e. The van der Waals surface area contributed by atoms with Gasteiger partial charge in [0.05, 0.1) is 26.0 Å². The average Bonchev–Trinajstić information content (AvgIpc) is 2.89. The van der Waals surface area contributed by atoms with Crippen molar-refractivity contribution in [1.29, 1.82) is 0 Å². The Morgan fingerprint density at radius 3 is 2.40 bits per heavy atom.